The molecule has 2 amide bonds. The lowest BCUT2D eigenvalue weighted by Crippen LogP contribution is -2.47. The number of nitrogens with zero attached hydrogens (tertiary/aromatic N) is 1. The predicted octanol–water partition coefficient (Wildman–Crippen LogP) is 4.89. The van der Waals surface area contributed by atoms with Crippen LogP contribution in [0.1, 0.15) is 42.5 Å². The second-order valence-corrected chi connectivity index (χ2v) is 7.99. The molecule has 2 aromatic carbocycles. The van der Waals surface area contributed by atoms with Crippen LogP contribution < -0.4 is 5.32 Å². The lowest BCUT2D eigenvalue weighted by Gasteiger charge is -2.33. The zero-order valence-corrected chi connectivity index (χ0v) is 16.2. The Kier molecular flexibility index (Phi) is 5.36. The number of nitrogens with one attached hydrogen (secondary N) is 1. The average molecular weight is 401 g/mol. The Hall–Kier alpha value is -2.40. The predicted molar refractivity (Wildman–Crippen MR) is 107 cm³/mol. The molecule has 0 radical (unpaired) electrons. The number of amides is 2. The highest BCUT2D eigenvalue weighted by Gasteiger charge is 2.47. The standard InChI is InChI=1S/C22H22ClFN2O2/c23-16-10-11-18(17(24)13-16)25-21(27)20-12-15-8-4-5-9-19(15)26(20)22(28)14-6-2-1-3-7-14/h1-3,6-7,10-11,13,15,19-20H,4-5,8-9,12H2,(H,25,27). The van der Waals surface area contributed by atoms with E-state index in [4.69, 9.17) is 11.6 Å². The summed E-state index contributed by atoms with van der Waals surface area (Å²) in [4.78, 5) is 28.0. The summed E-state index contributed by atoms with van der Waals surface area (Å²) in [5, 5.41) is 2.93. The Labute approximate surface area is 168 Å². The normalized spacial score (nSPS) is 23.9. The number of carbonyl (C=O) groups is 2. The maximum absolute atomic E-state index is 14.1. The number of hydrogen-bond donors (Lipinski definition) is 1. The number of benzene rings is 2. The van der Waals surface area contributed by atoms with Gasteiger partial charge >= 0.3 is 0 Å². The summed E-state index contributed by atoms with van der Waals surface area (Å²) < 4.78 is 14.1. The van der Waals surface area contributed by atoms with Gasteiger partial charge in [-0.3, -0.25) is 9.59 Å². The molecule has 1 aliphatic heterocycles. The lowest BCUT2D eigenvalue weighted by atomic mass is 9.84. The van der Waals surface area contributed by atoms with Crippen LogP contribution in [0.2, 0.25) is 5.02 Å². The molecule has 1 heterocycles. The number of fused-ring (bicyclic) bond motifs is 1. The molecule has 3 atom stereocenters. The summed E-state index contributed by atoms with van der Waals surface area (Å²) in [6.45, 7) is 0. The largest absolute Gasteiger partial charge is 0.323 e. The second kappa shape index (κ2) is 7.92. The van der Waals surface area contributed by atoms with Gasteiger partial charge in [0.1, 0.15) is 11.9 Å². The highest BCUT2D eigenvalue weighted by atomic mass is 35.5. The molecule has 0 spiro atoms. The van der Waals surface area contributed by atoms with E-state index in [1.54, 1.807) is 17.0 Å². The first kappa shape index (κ1) is 18.9. The van der Waals surface area contributed by atoms with Crippen LogP contribution in [-0.4, -0.2) is 28.8 Å². The summed E-state index contributed by atoms with van der Waals surface area (Å²) in [5.41, 5.74) is 0.653. The van der Waals surface area contributed by atoms with Crippen LogP contribution in [0.3, 0.4) is 0 Å². The Bertz CT molecular complexity index is 889. The van der Waals surface area contributed by atoms with Gasteiger partial charge in [0.25, 0.3) is 5.91 Å². The molecule has 4 nitrogen and oxygen atoms in total. The maximum atomic E-state index is 14.1. The Balaban J connectivity index is 1.61. The third kappa shape index (κ3) is 3.63. The number of halogens is 2. The quantitative estimate of drug-likeness (QED) is 0.797. The van der Waals surface area contributed by atoms with Gasteiger partial charge < -0.3 is 10.2 Å². The van der Waals surface area contributed by atoms with Crippen molar-refractivity contribution in [3.8, 4) is 0 Å². The highest BCUT2D eigenvalue weighted by Crippen LogP contribution is 2.41. The third-order valence-corrected chi connectivity index (χ3v) is 6.07. The molecule has 1 saturated heterocycles. The third-order valence-electron chi connectivity index (χ3n) is 5.83. The van der Waals surface area contributed by atoms with E-state index < -0.39 is 11.9 Å². The van der Waals surface area contributed by atoms with Gasteiger partial charge in [-0.1, -0.05) is 42.6 Å². The topological polar surface area (TPSA) is 49.4 Å². The minimum atomic E-state index is -0.601. The summed E-state index contributed by atoms with van der Waals surface area (Å²) in [6.07, 6.45) is 4.71. The van der Waals surface area contributed by atoms with Crippen molar-refractivity contribution in [1.82, 2.24) is 4.90 Å². The maximum Gasteiger partial charge on any atom is 0.254 e. The minimum absolute atomic E-state index is 0.0623. The first-order valence-corrected chi connectivity index (χ1v) is 10.1. The molecule has 3 unspecified atom stereocenters. The lowest BCUT2D eigenvalue weighted by molar-refractivity contribution is -0.120. The van der Waals surface area contributed by atoms with E-state index in [9.17, 15) is 14.0 Å². The highest BCUT2D eigenvalue weighted by molar-refractivity contribution is 6.30. The van der Waals surface area contributed by atoms with Crippen molar-refractivity contribution in [1.29, 1.82) is 0 Å². The molecule has 2 aliphatic rings. The van der Waals surface area contributed by atoms with E-state index in [0.29, 0.717) is 17.9 Å². The molecule has 0 aromatic heterocycles. The van der Waals surface area contributed by atoms with Gasteiger partial charge in [-0.25, -0.2) is 4.39 Å². The van der Waals surface area contributed by atoms with Crippen molar-refractivity contribution >= 4 is 29.1 Å². The molecular formula is C22H22ClFN2O2. The Morgan fingerprint density at radius 3 is 2.57 bits per heavy atom. The molecule has 1 aliphatic carbocycles. The van der Waals surface area contributed by atoms with Gasteiger partial charge in [-0.15, -0.1) is 0 Å². The first-order valence-electron chi connectivity index (χ1n) is 9.68. The van der Waals surface area contributed by atoms with Gasteiger partial charge in [0.2, 0.25) is 5.91 Å². The second-order valence-electron chi connectivity index (χ2n) is 7.56. The van der Waals surface area contributed by atoms with E-state index in [-0.39, 0.29) is 28.6 Å². The summed E-state index contributed by atoms with van der Waals surface area (Å²) in [7, 11) is 0. The van der Waals surface area contributed by atoms with E-state index in [2.05, 4.69) is 5.32 Å². The van der Waals surface area contributed by atoms with Crippen molar-refractivity contribution in [3.05, 3.63) is 64.9 Å². The summed E-state index contributed by atoms with van der Waals surface area (Å²) in [6, 6.07) is 12.6. The fourth-order valence-corrected chi connectivity index (χ4v) is 4.68. The first-order chi connectivity index (χ1) is 13.5. The Morgan fingerprint density at radius 1 is 1.07 bits per heavy atom. The molecular weight excluding hydrogens is 379 g/mol. The van der Waals surface area contributed by atoms with Crippen LogP contribution in [0.25, 0.3) is 0 Å². The number of anilines is 1. The monoisotopic (exact) mass is 400 g/mol. The van der Waals surface area contributed by atoms with Crippen LogP contribution in [0, 0.1) is 11.7 Å². The van der Waals surface area contributed by atoms with Gasteiger partial charge in [0.05, 0.1) is 5.69 Å². The minimum Gasteiger partial charge on any atom is -0.323 e. The van der Waals surface area contributed by atoms with Gasteiger partial charge in [-0.05, 0) is 55.5 Å². The van der Waals surface area contributed by atoms with Gasteiger partial charge in [0, 0.05) is 16.6 Å². The van der Waals surface area contributed by atoms with Crippen molar-refractivity contribution in [2.75, 3.05) is 5.32 Å². The van der Waals surface area contributed by atoms with Gasteiger partial charge in [0.15, 0.2) is 0 Å². The van der Waals surface area contributed by atoms with E-state index in [0.717, 1.165) is 25.7 Å². The molecule has 4 rings (SSSR count). The van der Waals surface area contributed by atoms with Crippen LogP contribution in [0.4, 0.5) is 10.1 Å². The van der Waals surface area contributed by atoms with Crippen LogP contribution in [0.5, 0.6) is 0 Å². The van der Waals surface area contributed by atoms with Crippen LogP contribution in [0.15, 0.2) is 48.5 Å². The molecule has 0 bridgehead atoms. The number of carbonyl (C=O) groups excluding carboxylic acids is 2. The zero-order chi connectivity index (χ0) is 19.7. The molecule has 6 heteroatoms. The van der Waals surface area contributed by atoms with Crippen molar-refractivity contribution < 1.29 is 14.0 Å². The number of hydrogen-bond acceptors (Lipinski definition) is 2. The molecule has 2 fully saturated rings. The molecule has 146 valence electrons. The fourth-order valence-electron chi connectivity index (χ4n) is 4.52. The summed E-state index contributed by atoms with van der Waals surface area (Å²) in [5.74, 6) is -0.754. The molecule has 1 N–H and O–H groups in total. The van der Waals surface area contributed by atoms with Gasteiger partial charge in [-0.2, -0.15) is 0 Å². The van der Waals surface area contributed by atoms with Crippen LogP contribution in [-0.2, 0) is 4.79 Å². The molecule has 28 heavy (non-hydrogen) atoms. The smallest absolute Gasteiger partial charge is 0.254 e. The Morgan fingerprint density at radius 2 is 1.82 bits per heavy atom. The number of likely N-dealkylation sites (tertiary alicyclic amines) is 1. The number of rotatable bonds is 3. The molecule has 1 saturated carbocycles. The average Bonchev–Trinajstić information content (AvgIpc) is 3.10. The SMILES string of the molecule is O=C(Nc1ccc(Cl)cc1F)C1CC2CCCCC2N1C(=O)c1ccccc1. The van der Waals surface area contributed by atoms with Crippen molar-refractivity contribution in [3.63, 3.8) is 0 Å². The fraction of sp³-hybridized carbons (Fsp3) is 0.364. The van der Waals surface area contributed by atoms with Crippen molar-refractivity contribution in [2.45, 2.75) is 44.2 Å². The van der Waals surface area contributed by atoms with Crippen molar-refractivity contribution in [2.24, 2.45) is 5.92 Å². The summed E-state index contributed by atoms with van der Waals surface area (Å²) >= 11 is 5.79. The van der Waals surface area contributed by atoms with Crippen LogP contribution >= 0.6 is 11.6 Å². The zero-order valence-electron chi connectivity index (χ0n) is 15.4. The van der Waals surface area contributed by atoms with E-state index in [1.165, 1.54) is 18.2 Å². The molecule has 2 aromatic rings. The van der Waals surface area contributed by atoms with E-state index >= 15 is 0 Å². The van der Waals surface area contributed by atoms with E-state index in [1.807, 2.05) is 18.2 Å².